The molecule has 8 nitrogen and oxygen atoms in total. The first kappa shape index (κ1) is 23.9. The standard InChI is InChI=1S/C26H33N5O3/c1-15(2)21-19(25(34)31(30-21)26(3,4)5)20-23(32)22(24(20)33)27-16-11-13-18(14-12-16)29-28-17-9-7-6-8-10-17/h6-15,20,22-24,27,30,32-33H,1-5H3. The van der Waals surface area contributed by atoms with Gasteiger partial charge in [-0.3, -0.25) is 9.89 Å². The predicted molar refractivity (Wildman–Crippen MR) is 133 cm³/mol. The summed E-state index contributed by atoms with van der Waals surface area (Å²) in [7, 11) is 0. The lowest BCUT2D eigenvalue weighted by Gasteiger charge is -2.46. The molecule has 4 N–H and O–H groups in total. The molecular formula is C26H33N5O3. The number of nitrogens with zero attached hydrogens (tertiary/aromatic N) is 3. The number of aromatic amines is 1. The van der Waals surface area contributed by atoms with Gasteiger partial charge in [-0.15, -0.1) is 0 Å². The Labute approximate surface area is 199 Å². The van der Waals surface area contributed by atoms with E-state index in [9.17, 15) is 15.0 Å². The average Bonchev–Trinajstić information content (AvgIpc) is 3.15. The Kier molecular flexibility index (Phi) is 6.47. The van der Waals surface area contributed by atoms with Gasteiger partial charge in [0.05, 0.1) is 35.2 Å². The number of nitrogens with one attached hydrogen (secondary N) is 2. The van der Waals surface area contributed by atoms with Gasteiger partial charge in [0.25, 0.3) is 5.56 Å². The van der Waals surface area contributed by atoms with E-state index in [4.69, 9.17) is 0 Å². The van der Waals surface area contributed by atoms with Crippen molar-refractivity contribution in [1.82, 2.24) is 9.78 Å². The fourth-order valence-electron chi connectivity index (χ4n) is 4.35. The van der Waals surface area contributed by atoms with E-state index in [1.165, 1.54) is 0 Å². The van der Waals surface area contributed by atoms with Crippen molar-refractivity contribution in [2.24, 2.45) is 10.2 Å². The Hall–Kier alpha value is -3.23. The quantitative estimate of drug-likeness (QED) is 0.394. The molecule has 1 fully saturated rings. The van der Waals surface area contributed by atoms with Crippen molar-refractivity contribution in [1.29, 1.82) is 0 Å². The van der Waals surface area contributed by atoms with Crippen molar-refractivity contribution < 1.29 is 10.2 Å². The Bertz CT molecular complexity index is 1200. The van der Waals surface area contributed by atoms with Gasteiger partial charge >= 0.3 is 0 Å². The Morgan fingerprint density at radius 2 is 1.50 bits per heavy atom. The van der Waals surface area contributed by atoms with Crippen LogP contribution in [0.4, 0.5) is 17.1 Å². The van der Waals surface area contributed by atoms with Crippen LogP contribution in [0, 0.1) is 0 Å². The molecule has 1 aliphatic rings. The molecule has 1 aliphatic carbocycles. The fourth-order valence-corrected chi connectivity index (χ4v) is 4.35. The topological polar surface area (TPSA) is 115 Å². The van der Waals surface area contributed by atoms with Gasteiger partial charge in [-0.2, -0.15) is 10.2 Å². The van der Waals surface area contributed by atoms with E-state index in [-0.39, 0.29) is 11.5 Å². The van der Waals surface area contributed by atoms with Gasteiger partial charge < -0.3 is 15.5 Å². The first-order chi connectivity index (χ1) is 16.1. The van der Waals surface area contributed by atoms with Crippen molar-refractivity contribution in [2.45, 2.75) is 70.2 Å². The number of rotatable bonds is 6. The molecule has 2 atom stereocenters. The van der Waals surface area contributed by atoms with Crippen molar-refractivity contribution in [3.8, 4) is 0 Å². The highest BCUT2D eigenvalue weighted by Crippen LogP contribution is 2.41. The number of aliphatic hydroxyl groups is 2. The lowest BCUT2D eigenvalue weighted by molar-refractivity contribution is -0.0669. The maximum Gasteiger partial charge on any atom is 0.270 e. The summed E-state index contributed by atoms with van der Waals surface area (Å²) in [6.45, 7) is 9.82. The summed E-state index contributed by atoms with van der Waals surface area (Å²) in [5, 5.41) is 36.7. The zero-order valence-corrected chi connectivity index (χ0v) is 20.2. The summed E-state index contributed by atoms with van der Waals surface area (Å²) in [6, 6.07) is 16.2. The summed E-state index contributed by atoms with van der Waals surface area (Å²) in [5.74, 6) is -0.600. The van der Waals surface area contributed by atoms with E-state index in [0.717, 1.165) is 17.1 Å². The van der Waals surface area contributed by atoms with E-state index >= 15 is 0 Å². The number of hydrogen-bond acceptors (Lipinski definition) is 6. The van der Waals surface area contributed by atoms with E-state index in [2.05, 4.69) is 20.6 Å². The fraction of sp³-hybridized carbons (Fsp3) is 0.423. The highest BCUT2D eigenvalue weighted by atomic mass is 16.3. The van der Waals surface area contributed by atoms with Crippen LogP contribution in [0.2, 0.25) is 0 Å². The van der Waals surface area contributed by atoms with Crippen LogP contribution >= 0.6 is 0 Å². The predicted octanol–water partition coefficient (Wildman–Crippen LogP) is 4.77. The van der Waals surface area contributed by atoms with Crippen molar-refractivity contribution in [2.75, 3.05) is 5.32 Å². The number of benzene rings is 2. The molecule has 0 saturated heterocycles. The molecule has 0 amide bonds. The summed E-state index contributed by atoms with van der Waals surface area (Å²) in [6.07, 6.45) is -1.80. The molecule has 1 saturated carbocycles. The normalized spacial score (nSPS) is 22.8. The van der Waals surface area contributed by atoms with Crippen molar-refractivity contribution in [3.63, 3.8) is 0 Å². The second-order valence-electron chi connectivity index (χ2n) is 10.2. The second kappa shape index (κ2) is 9.19. The van der Waals surface area contributed by atoms with Gasteiger partial charge in [0.15, 0.2) is 0 Å². The molecule has 0 aliphatic heterocycles. The van der Waals surface area contributed by atoms with E-state index in [0.29, 0.717) is 11.3 Å². The lowest BCUT2D eigenvalue weighted by atomic mass is 9.69. The molecule has 34 heavy (non-hydrogen) atoms. The zero-order chi connectivity index (χ0) is 24.6. The minimum atomic E-state index is -0.901. The van der Waals surface area contributed by atoms with Gasteiger partial charge in [0.1, 0.15) is 0 Å². The number of H-pyrrole nitrogens is 1. The van der Waals surface area contributed by atoms with Crippen LogP contribution in [-0.2, 0) is 5.54 Å². The molecule has 0 bridgehead atoms. The molecule has 4 rings (SSSR count). The maximum absolute atomic E-state index is 13.2. The van der Waals surface area contributed by atoms with Crippen LogP contribution in [0.25, 0.3) is 0 Å². The Balaban J connectivity index is 1.49. The number of anilines is 1. The van der Waals surface area contributed by atoms with Crippen LogP contribution in [0.15, 0.2) is 69.6 Å². The number of aromatic nitrogens is 2. The van der Waals surface area contributed by atoms with E-state index in [1.54, 1.807) is 4.68 Å². The first-order valence-electron chi connectivity index (χ1n) is 11.6. The molecule has 2 aromatic carbocycles. The van der Waals surface area contributed by atoms with Crippen LogP contribution in [-0.4, -0.2) is 38.2 Å². The third-order valence-corrected chi connectivity index (χ3v) is 6.25. The average molecular weight is 464 g/mol. The SMILES string of the molecule is CC(C)c1[nH]n(C(C)(C)C)c(=O)c1C1C(O)C(Nc2ccc(N=Nc3ccccc3)cc2)C1O. The van der Waals surface area contributed by atoms with Gasteiger partial charge in [0, 0.05) is 22.9 Å². The molecule has 3 aromatic rings. The zero-order valence-electron chi connectivity index (χ0n) is 20.2. The molecular weight excluding hydrogens is 430 g/mol. The number of aliphatic hydroxyl groups excluding tert-OH is 2. The minimum Gasteiger partial charge on any atom is -0.390 e. The van der Waals surface area contributed by atoms with E-state index in [1.807, 2.05) is 89.2 Å². The molecule has 0 spiro atoms. The summed E-state index contributed by atoms with van der Waals surface area (Å²) < 4.78 is 1.58. The van der Waals surface area contributed by atoms with Crippen LogP contribution in [0.3, 0.4) is 0 Å². The molecule has 180 valence electrons. The second-order valence-corrected chi connectivity index (χ2v) is 10.2. The first-order valence-corrected chi connectivity index (χ1v) is 11.6. The molecule has 1 aromatic heterocycles. The monoisotopic (exact) mass is 463 g/mol. The Morgan fingerprint density at radius 1 is 0.941 bits per heavy atom. The van der Waals surface area contributed by atoms with Gasteiger partial charge in [-0.25, -0.2) is 4.68 Å². The molecule has 0 radical (unpaired) electrons. The van der Waals surface area contributed by atoms with Crippen LogP contribution < -0.4 is 10.9 Å². The summed E-state index contributed by atoms with van der Waals surface area (Å²) >= 11 is 0. The van der Waals surface area contributed by atoms with Crippen LogP contribution in [0.1, 0.15) is 57.7 Å². The smallest absolute Gasteiger partial charge is 0.270 e. The highest BCUT2D eigenvalue weighted by Gasteiger charge is 2.52. The molecule has 8 heteroatoms. The number of azo groups is 1. The lowest BCUT2D eigenvalue weighted by Crippen LogP contribution is -2.62. The minimum absolute atomic E-state index is 0.0512. The largest absolute Gasteiger partial charge is 0.390 e. The third kappa shape index (κ3) is 4.56. The van der Waals surface area contributed by atoms with Gasteiger partial charge in [0.2, 0.25) is 0 Å². The third-order valence-electron chi connectivity index (χ3n) is 6.25. The summed E-state index contributed by atoms with van der Waals surface area (Å²) in [5.41, 5.74) is 2.81. The summed E-state index contributed by atoms with van der Waals surface area (Å²) in [4.78, 5) is 13.2. The Morgan fingerprint density at radius 3 is 2.03 bits per heavy atom. The number of hydrogen-bond donors (Lipinski definition) is 4. The van der Waals surface area contributed by atoms with Gasteiger partial charge in [-0.1, -0.05) is 32.0 Å². The van der Waals surface area contributed by atoms with Crippen LogP contribution in [0.5, 0.6) is 0 Å². The maximum atomic E-state index is 13.2. The molecule has 1 heterocycles. The van der Waals surface area contributed by atoms with Gasteiger partial charge in [-0.05, 0) is 63.1 Å². The highest BCUT2D eigenvalue weighted by molar-refractivity contribution is 5.53. The molecule has 2 unspecified atom stereocenters. The van der Waals surface area contributed by atoms with Crippen molar-refractivity contribution >= 4 is 17.1 Å². The van der Waals surface area contributed by atoms with E-state index < -0.39 is 29.7 Å². The van der Waals surface area contributed by atoms with Crippen molar-refractivity contribution in [3.05, 3.63) is 76.2 Å².